The third kappa shape index (κ3) is 7.72. The van der Waals surface area contributed by atoms with Crippen LogP contribution < -0.4 is 5.32 Å². The summed E-state index contributed by atoms with van der Waals surface area (Å²) in [7, 11) is 0. The number of epoxide rings is 1. The summed E-state index contributed by atoms with van der Waals surface area (Å²) < 4.78 is 30.5. The topological polar surface area (TPSA) is 133 Å². The van der Waals surface area contributed by atoms with E-state index in [1.807, 2.05) is 12.1 Å². The lowest BCUT2D eigenvalue weighted by atomic mass is 9.89. The predicted octanol–water partition coefficient (Wildman–Crippen LogP) is 5.02. The average Bonchev–Trinajstić information content (AvgIpc) is 3.92. The summed E-state index contributed by atoms with van der Waals surface area (Å²) in [5.41, 5.74) is 1.23. The fourth-order valence-electron chi connectivity index (χ4n) is 7.53. The van der Waals surface area contributed by atoms with Gasteiger partial charge in [0.25, 0.3) is 0 Å². The van der Waals surface area contributed by atoms with Gasteiger partial charge in [-0.15, -0.1) is 0 Å². The summed E-state index contributed by atoms with van der Waals surface area (Å²) in [6.45, 7) is 5.05. The van der Waals surface area contributed by atoms with E-state index < -0.39 is 53.6 Å². The van der Waals surface area contributed by atoms with Crippen molar-refractivity contribution >= 4 is 23.9 Å². The Hall–Kier alpha value is -3.05. The molecule has 7 unspecified atom stereocenters. The Balaban J connectivity index is 1.02. The maximum Gasteiger partial charge on any atom is 0.338 e. The molecule has 4 aliphatic carbocycles. The molecule has 6 aliphatic rings. The summed E-state index contributed by atoms with van der Waals surface area (Å²) in [5, 5.41) is 12.9. The van der Waals surface area contributed by atoms with E-state index in [9.17, 15) is 19.5 Å². The third-order valence-electron chi connectivity index (χ3n) is 10.4. The van der Waals surface area contributed by atoms with Gasteiger partial charge in [-0.05, 0) is 102 Å². The van der Waals surface area contributed by atoms with Crippen molar-refractivity contribution in [3.05, 3.63) is 53.1 Å². The van der Waals surface area contributed by atoms with Crippen LogP contribution in [-0.4, -0.2) is 77.5 Å². The average molecular weight is 664 g/mol. The Labute approximate surface area is 282 Å². The van der Waals surface area contributed by atoms with Gasteiger partial charge in [0.2, 0.25) is 5.91 Å². The van der Waals surface area contributed by atoms with Gasteiger partial charge in [-0.25, -0.2) is 4.79 Å². The highest BCUT2D eigenvalue weighted by Gasteiger charge is 2.64. The molecule has 5 fully saturated rings. The predicted molar refractivity (Wildman–Crippen MR) is 175 cm³/mol. The molecule has 7 atom stereocenters. The van der Waals surface area contributed by atoms with Crippen LogP contribution in [0.4, 0.5) is 0 Å². The summed E-state index contributed by atoms with van der Waals surface area (Å²) in [6, 6.07) is 6.73. The molecule has 2 saturated heterocycles. The van der Waals surface area contributed by atoms with Gasteiger partial charge in [-0.1, -0.05) is 24.3 Å². The molecule has 10 heteroatoms. The second kappa shape index (κ2) is 13.3. The molecule has 2 N–H and O–H groups in total. The molecule has 2 heterocycles. The van der Waals surface area contributed by atoms with E-state index in [2.05, 4.69) is 17.5 Å². The molecule has 2 aliphatic heterocycles. The zero-order valence-electron chi connectivity index (χ0n) is 28.2. The van der Waals surface area contributed by atoms with Gasteiger partial charge in [-0.3, -0.25) is 9.59 Å². The van der Waals surface area contributed by atoms with Crippen LogP contribution in [-0.2, 0) is 33.3 Å². The highest BCUT2D eigenvalue weighted by molar-refractivity contribution is 5.94. The molecule has 10 nitrogen and oxygen atoms in total. The maximum atomic E-state index is 13.6. The first-order valence-electron chi connectivity index (χ1n) is 17.8. The minimum absolute atomic E-state index is 0.0556. The summed E-state index contributed by atoms with van der Waals surface area (Å²) in [5.74, 6) is -0.855. The number of esters is 2. The highest BCUT2D eigenvalue weighted by atomic mass is 16.8. The van der Waals surface area contributed by atoms with Crippen molar-refractivity contribution in [2.24, 2.45) is 17.8 Å². The van der Waals surface area contributed by atoms with Gasteiger partial charge < -0.3 is 34.1 Å². The van der Waals surface area contributed by atoms with Crippen LogP contribution in [0.3, 0.4) is 0 Å². The van der Waals surface area contributed by atoms with Crippen molar-refractivity contribution in [1.82, 2.24) is 5.32 Å². The molecule has 7 rings (SSSR count). The number of aliphatic hydroxyl groups excluding tert-OH is 1. The minimum Gasteiger partial charge on any atom is -0.460 e. The molecule has 0 bridgehead atoms. The molecule has 0 spiro atoms. The first kappa shape index (κ1) is 33.4. The van der Waals surface area contributed by atoms with Crippen LogP contribution in [0.15, 0.2) is 42.0 Å². The monoisotopic (exact) mass is 663 g/mol. The molecule has 260 valence electrons. The Bertz CT molecular complexity index is 1420. The van der Waals surface area contributed by atoms with Crippen LogP contribution >= 0.6 is 0 Å². The van der Waals surface area contributed by atoms with Gasteiger partial charge >= 0.3 is 11.9 Å². The summed E-state index contributed by atoms with van der Waals surface area (Å²) >= 11 is 0. The van der Waals surface area contributed by atoms with Gasteiger partial charge in [0.05, 0.1) is 30.4 Å². The normalized spacial score (nSPS) is 31.3. The fraction of sp³-hybridized carbons (Fsp3) is 0.658. The molecule has 48 heavy (non-hydrogen) atoms. The van der Waals surface area contributed by atoms with Crippen molar-refractivity contribution in [3.63, 3.8) is 0 Å². The number of nitrogens with one attached hydrogen (secondary N) is 1. The standard InChI is InChI=1S/C38H49NO9/c1-37(2,3)47-33(41)17-15-28(21-40)39-35(42)25-19-31(34-32(20-25)46-38(48-34,26-11-12-26)27-13-14-27)45-36(43)24-9-6-22(7-10-24)4-5-23-8-16-29-30(18-23)44-29/h4-7,9-10,20,23,26-32,34,40H,8,11-19,21H2,1-3H3,(H,39,42). The maximum absolute atomic E-state index is 13.6. The third-order valence-corrected chi connectivity index (χ3v) is 10.4. The van der Waals surface area contributed by atoms with Crippen molar-refractivity contribution in [2.75, 3.05) is 6.61 Å². The molecular weight excluding hydrogens is 614 g/mol. The minimum atomic E-state index is -0.735. The SMILES string of the molecule is CC(C)(C)OC(=O)CCC(CO)NC(=O)C1=CC2OC(C3CC3)(C3CC3)OC2C(OC(=O)c2ccc(C=CC3CCC4OC4C3)cc2)C1. The number of benzene rings is 1. The lowest BCUT2D eigenvalue weighted by Gasteiger charge is -2.31. The molecule has 3 saturated carbocycles. The van der Waals surface area contributed by atoms with Crippen molar-refractivity contribution in [3.8, 4) is 0 Å². The zero-order valence-corrected chi connectivity index (χ0v) is 28.2. The number of fused-ring (bicyclic) bond motifs is 2. The van der Waals surface area contributed by atoms with Crippen LogP contribution in [0.25, 0.3) is 6.08 Å². The van der Waals surface area contributed by atoms with Gasteiger partial charge in [0.1, 0.15) is 23.9 Å². The van der Waals surface area contributed by atoms with Gasteiger partial charge in [-0.2, -0.15) is 0 Å². The van der Waals surface area contributed by atoms with Crippen LogP contribution in [0, 0.1) is 17.8 Å². The second-order valence-corrected chi connectivity index (χ2v) is 15.5. The molecule has 1 aromatic carbocycles. The van der Waals surface area contributed by atoms with E-state index >= 15 is 0 Å². The van der Waals surface area contributed by atoms with Crippen molar-refractivity contribution in [1.29, 1.82) is 0 Å². The number of carbonyl (C=O) groups is 3. The lowest BCUT2D eigenvalue weighted by Crippen LogP contribution is -2.45. The molecular formula is C38H49NO9. The first-order chi connectivity index (χ1) is 23.0. The smallest absolute Gasteiger partial charge is 0.338 e. The number of amides is 1. The number of hydrogen-bond donors (Lipinski definition) is 2. The molecule has 1 amide bonds. The first-order valence-corrected chi connectivity index (χ1v) is 17.8. The zero-order chi connectivity index (χ0) is 33.6. The van der Waals surface area contributed by atoms with E-state index in [4.69, 9.17) is 23.7 Å². The van der Waals surface area contributed by atoms with E-state index in [1.165, 1.54) is 0 Å². The Kier molecular flexibility index (Phi) is 9.30. The summed E-state index contributed by atoms with van der Waals surface area (Å²) in [6.07, 6.45) is 13.1. The summed E-state index contributed by atoms with van der Waals surface area (Å²) in [4.78, 5) is 39.3. The van der Waals surface area contributed by atoms with E-state index in [0.717, 1.165) is 50.5 Å². The number of hydrogen-bond acceptors (Lipinski definition) is 9. The molecule has 0 radical (unpaired) electrons. The Morgan fingerprint density at radius 3 is 2.40 bits per heavy atom. The number of rotatable bonds is 12. The number of allylic oxidation sites excluding steroid dienone is 1. The number of aliphatic hydroxyl groups is 1. The molecule has 1 aromatic rings. The quantitative estimate of drug-likeness (QED) is 0.234. The van der Waals surface area contributed by atoms with Crippen molar-refractivity contribution < 1.29 is 43.2 Å². The molecule has 0 aromatic heterocycles. The van der Waals surface area contributed by atoms with Crippen LogP contribution in [0.5, 0.6) is 0 Å². The van der Waals surface area contributed by atoms with E-state index in [0.29, 0.717) is 41.1 Å². The number of ether oxygens (including phenoxy) is 5. The Morgan fingerprint density at radius 2 is 1.75 bits per heavy atom. The van der Waals surface area contributed by atoms with Gasteiger partial charge in [0, 0.05) is 30.3 Å². The fourth-order valence-corrected chi connectivity index (χ4v) is 7.53. The largest absolute Gasteiger partial charge is 0.460 e. The van der Waals surface area contributed by atoms with E-state index in [-0.39, 0.29) is 25.9 Å². The Morgan fingerprint density at radius 1 is 1.02 bits per heavy atom. The van der Waals surface area contributed by atoms with Crippen LogP contribution in [0.1, 0.15) is 101 Å². The van der Waals surface area contributed by atoms with Crippen LogP contribution in [0.2, 0.25) is 0 Å². The second-order valence-electron chi connectivity index (χ2n) is 15.5. The number of carbonyl (C=O) groups excluding carboxylic acids is 3. The van der Waals surface area contributed by atoms with Gasteiger partial charge in [0.15, 0.2) is 5.79 Å². The highest BCUT2D eigenvalue weighted by Crippen LogP contribution is 2.59. The van der Waals surface area contributed by atoms with Crippen molar-refractivity contribution in [2.45, 2.75) is 133 Å². The lowest BCUT2D eigenvalue weighted by molar-refractivity contribution is -0.209. The van der Waals surface area contributed by atoms with E-state index in [1.54, 1.807) is 39.0 Å².